The summed E-state index contributed by atoms with van der Waals surface area (Å²) in [4.78, 5) is 239. The van der Waals surface area contributed by atoms with Crippen molar-refractivity contribution in [3.05, 3.63) is 29.8 Å². The standard InChI is InChI=1S/C62H96N18O20S4/c1-29(2)49(59(97)67-22-47(86)72-39(23-101)51(65)89)77-57(95)43-10-9-17-80(43)62(100)38(20-48(87)88)71-46(85)21-66-54(92)41(25-103-27-68-32(6)81)75-52(90)31(5)70-60(98)50(30(3)4)78-58(96)44-11-8-16-79(44)61(99)37(19-45(64)84)73-55(93)40(24-102)74-56(94)42(26-104-28-69-33(7)82)76-53(91)36(63)18-34-12-14-35(83)15-13-34/h12-15,29-31,36-44,49-50,83,101-102H,8-11,16-28,63H2,1-7H3,(H2,64,84)(H2,65,89)(H,66,92)(H,67,97)(H,68,81)(H,69,82)(H,70,98)(H,71,85)(H,72,86)(H,73,93)(H,74,94)(H,75,90)(H,76,91)(H,77,95)(H,78,96)(H,87,88)/t31-,36-,37-,38-,39-,40-,41-,42-,43-,44-,49-,50-/m0/s1. The number of aliphatic carboxylic acids is 1. The molecule has 0 bridgehead atoms. The van der Waals surface area contributed by atoms with Crippen LogP contribution in [-0.4, -0.2) is 260 Å². The molecule has 42 heteroatoms. The van der Waals surface area contributed by atoms with E-state index in [-0.39, 0.29) is 91.6 Å². The van der Waals surface area contributed by atoms with Crippen LogP contribution in [0.5, 0.6) is 5.75 Å². The Morgan fingerprint density at radius 3 is 1.38 bits per heavy atom. The Labute approximate surface area is 619 Å². The highest BCUT2D eigenvalue weighted by molar-refractivity contribution is 7.99. The Morgan fingerprint density at radius 2 is 0.933 bits per heavy atom. The van der Waals surface area contributed by atoms with Crippen molar-refractivity contribution in [1.82, 2.24) is 78.9 Å². The summed E-state index contributed by atoms with van der Waals surface area (Å²) in [6.07, 6.45) is -1.20. The zero-order valence-electron chi connectivity index (χ0n) is 58.5. The first-order chi connectivity index (χ1) is 48.9. The van der Waals surface area contributed by atoms with Gasteiger partial charge in [-0.15, -0.1) is 23.5 Å². The van der Waals surface area contributed by atoms with E-state index in [4.69, 9.17) is 17.2 Å². The van der Waals surface area contributed by atoms with Crippen LogP contribution in [0.15, 0.2) is 24.3 Å². The summed E-state index contributed by atoms with van der Waals surface area (Å²) in [7, 11) is 0. The minimum atomic E-state index is -1.80. The van der Waals surface area contributed by atoms with E-state index in [2.05, 4.69) is 94.4 Å². The smallest absolute Gasteiger partial charge is 0.305 e. The highest BCUT2D eigenvalue weighted by Crippen LogP contribution is 2.23. The zero-order valence-corrected chi connectivity index (χ0v) is 61.9. The van der Waals surface area contributed by atoms with Crippen molar-refractivity contribution < 1.29 is 96.5 Å². The van der Waals surface area contributed by atoms with Crippen LogP contribution in [0.1, 0.15) is 92.6 Å². The minimum absolute atomic E-state index is 0.00770. The normalized spacial score (nSPS) is 16.8. The van der Waals surface area contributed by atoms with E-state index in [1.54, 1.807) is 39.8 Å². The number of likely N-dealkylation sites (tertiary alicyclic amines) is 2. The Balaban J connectivity index is 1.71. The molecule has 17 amide bonds. The second-order valence-electron chi connectivity index (χ2n) is 25.0. The molecule has 0 aliphatic carbocycles. The van der Waals surface area contributed by atoms with E-state index in [0.29, 0.717) is 5.56 Å². The van der Waals surface area contributed by atoms with Crippen LogP contribution in [0.4, 0.5) is 0 Å². The van der Waals surface area contributed by atoms with Gasteiger partial charge >= 0.3 is 5.97 Å². The molecule has 0 aromatic heterocycles. The summed E-state index contributed by atoms with van der Waals surface area (Å²) in [5, 5.41) is 51.3. The number of primary amides is 2. The Hall–Kier alpha value is -9.16. The topological polar surface area (TPSA) is 589 Å². The van der Waals surface area contributed by atoms with Crippen LogP contribution in [0.3, 0.4) is 0 Å². The molecule has 0 saturated carbocycles. The van der Waals surface area contributed by atoms with Gasteiger partial charge in [-0.2, -0.15) is 25.3 Å². The molecule has 2 fully saturated rings. The van der Waals surface area contributed by atoms with Crippen LogP contribution < -0.4 is 86.3 Å². The Kier molecular flexibility index (Phi) is 38.1. The number of aromatic hydroxyl groups is 1. The number of carboxylic acids is 1. The van der Waals surface area contributed by atoms with Gasteiger partial charge in [0, 0.05) is 49.9 Å². The van der Waals surface area contributed by atoms with Crippen molar-refractivity contribution in [1.29, 1.82) is 0 Å². The number of nitrogens with one attached hydrogen (secondary N) is 13. The molecule has 104 heavy (non-hydrogen) atoms. The maximum atomic E-state index is 14.3. The van der Waals surface area contributed by atoms with E-state index in [0.717, 1.165) is 33.3 Å². The maximum Gasteiger partial charge on any atom is 0.305 e. The largest absolute Gasteiger partial charge is 0.508 e. The van der Waals surface area contributed by atoms with Gasteiger partial charge in [-0.1, -0.05) is 39.8 Å². The lowest BCUT2D eigenvalue weighted by atomic mass is 10.0. The minimum Gasteiger partial charge on any atom is -0.508 e. The fourth-order valence-electron chi connectivity index (χ4n) is 10.3. The number of benzene rings is 1. The molecule has 1 aromatic rings. The number of thioether (sulfide) groups is 2. The molecule has 0 unspecified atom stereocenters. The van der Waals surface area contributed by atoms with Crippen molar-refractivity contribution in [2.45, 2.75) is 166 Å². The molecule has 2 aliphatic rings. The van der Waals surface area contributed by atoms with Gasteiger partial charge < -0.3 is 106 Å². The van der Waals surface area contributed by atoms with Crippen molar-refractivity contribution in [2.75, 3.05) is 60.9 Å². The summed E-state index contributed by atoms with van der Waals surface area (Å²) < 4.78 is 0. The third kappa shape index (κ3) is 30.3. The van der Waals surface area contributed by atoms with Crippen LogP contribution in [0.25, 0.3) is 0 Å². The van der Waals surface area contributed by atoms with E-state index < -0.39 is 211 Å². The highest BCUT2D eigenvalue weighted by atomic mass is 32.2. The summed E-state index contributed by atoms with van der Waals surface area (Å²) in [6.45, 7) is 8.36. The van der Waals surface area contributed by atoms with Crippen molar-refractivity contribution in [2.24, 2.45) is 29.0 Å². The van der Waals surface area contributed by atoms with Gasteiger partial charge in [0.25, 0.3) is 0 Å². The van der Waals surface area contributed by atoms with Gasteiger partial charge in [0.2, 0.25) is 100 Å². The number of nitrogens with two attached hydrogens (primary N) is 3. The third-order valence-corrected chi connectivity index (χ3v) is 18.5. The first-order valence-electron chi connectivity index (χ1n) is 33.0. The van der Waals surface area contributed by atoms with Gasteiger partial charge in [0.15, 0.2) is 0 Å². The highest BCUT2D eigenvalue weighted by Gasteiger charge is 2.43. The van der Waals surface area contributed by atoms with Gasteiger partial charge in [-0.25, -0.2) is 0 Å². The number of carbonyl (C=O) groups is 18. The van der Waals surface area contributed by atoms with E-state index in [9.17, 15) is 96.5 Å². The Morgan fingerprint density at radius 1 is 0.510 bits per heavy atom. The molecule has 12 atom stereocenters. The van der Waals surface area contributed by atoms with Gasteiger partial charge in [0.1, 0.15) is 72.2 Å². The van der Waals surface area contributed by atoms with E-state index in [1.807, 2.05) is 0 Å². The lowest BCUT2D eigenvalue weighted by molar-refractivity contribution is -0.146. The molecule has 2 saturated heterocycles. The molecule has 3 rings (SSSR count). The van der Waals surface area contributed by atoms with E-state index in [1.165, 1.54) is 32.9 Å². The fraction of sp³-hybridized carbons (Fsp3) is 0.613. The monoisotopic (exact) mass is 1540 g/mol. The zero-order chi connectivity index (χ0) is 78.2. The first kappa shape index (κ1) is 89.1. The molecule has 0 spiro atoms. The second kappa shape index (κ2) is 44.5. The predicted octanol–water partition coefficient (Wildman–Crippen LogP) is -7.48. The van der Waals surface area contributed by atoms with Crippen LogP contribution in [0.2, 0.25) is 0 Å². The summed E-state index contributed by atoms with van der Waals surface area (Å²) in [5.74, 6) is -18.4. The van der Waals surface area contributed by atoms with Gasteiger partial charge in [-0.3, -0.25) is 86.3 Å². The van der Waals surface area contributed by atoms with Gasteiger partial charge in [-0.05, 0) is 68.6 Å². The SMILES string of the molecule is CC(=O)NCSC[C@H](NC(=O)[C@H](C)NC(=O)[C@@H](NC(=O)[C@@H]1CCCN1C(=O)[C@H](CC(N)=O)NC(=O)[C@H](CS)NC(=O)[C@H](CSCNC(C)=O)NC(=O)[C@@H](N)Cc1ccc(O)cc1)C(C)C)C(=O)NCC(=O)N[C@@H](CC(=O)O)C(=O)N1CCC[C@H]1C(=O)N[C@H](C(=O)NCC(=O)N[C@@H](CS)C(N)=O)C(C)C. The quantitative estimate of drug-likeness (QED) is 0.0164. The van der Waals surface area contributed by atoms with Gasteiger partial charge in [0.05, 0.1) is 43.7 Å². The summed E-state index contributed by atoms with van der Waals surface area (Å²) >= 11 is 10.2. The fourth-order valence-corrected chi connectivity index (χ4v) is 12.6. The van der Waals surface area contributed by atoms with Crippen molar-refractivity contribution in [3.8, 4) is 5.75 Å². The van der Waals surface area contributed by atoms with Crippen molar-refractivity contribution in [3.63, 3.8) is 0 Å². The average molecular weight is 1540 g/mol. The first-order valence-corrected chi connectivity index (χ1v) is 36.5. The second-order valence-corrected chi connectivity index (χ2v) is 27.8. The number of carboxylic acid groups (broad SMARTS) is 1. The number of amides is 17. The lowest BCUT2D eigenvalue weighted by Gasteiger charge is -2.31. The number of phenols is 1. The van der Waals surface area contributed by atoms with Crippen LogP contribution >= 0.6 is 48.8 Å². The summed E-state index contributed by atoms with van der Waals surface area (Å²) in [5.41, 5.74) is 17.5. The number of phenolic OH excluding ortho intramolecular Hbond substituents is 1. The molecule has 1 aromatic carbocycles. The number of rotatable bonds is 43. The number of hydrogen-bond donors (Lipinski definition) is 20. The number of nitrogens with zero attached hydrogens (tertiary/aromatic N) is 2. The van der Waals surface area contributed by atoms with Crippen LogP contribution in [0, 0.1) is 11.8 Å². The third-order valence-electron chi connectivity index (χ3n) is 15.9. The predicted molar refractivity (Wildman–Crippen MR) is 383 cm³/mol. The number of hydrogen-bond acceptors (Lipinski definition) is 24. The molecule has 21 N–H and O–H groups in total. The number of carbonyl (C=O) groups excluding carboxylic acids is 17. The molecule has 0 radical (unpaired) electrons. The van der Waals surface area contributed by atoms with Crippen LogP contribution in [-0.2, 0) is 92.7 Å². The molecule has 2 aliphatic heterocycles. The number of thiol groups is 2. The average Bonchev–Trinajstić information content (AvgIpc) is 1.60. The molecule has 38 nitrogen and oxygen atoms in total. The molecule has 2 heterocycles. The summed E-state index contributed by atoms with van der Waals surface area (Å²) in [6, 6.07) is -11.0. The molecular weight excluding hydrogens is 1450 g/mol. The van der Waals surface area contributed by atoms with Crippen molar-refractivity contribution >= 4 is 155 Å². The van der Waals surface area contributed by atoms with E-state index >= 15 is 0 Å². The lowest BCUT2D eigenvalue weighted by Crippen LogP contribution is -2.61. The Bertz CT molecular complexity index is 3280. The maximum absolute atomic E-state index is 14.3. The molecular formula is C62H96N18O20S4. The molecule has 578 valence electrons.